The third-order valence-electron chi connectivity index (χ3n) is 5.60. The fourth-order valence-corrected chi connectivity index (χ4v) is 5.24. The van der Waals surface area contributed by atoms with E-state index in [9.17, 15) is 9.90 Å². The van der Waals surface area contributed by atoms with Gasteiger partial charge >= 0.3 is 0 Å². The molecular weight excluding hydrogens is 372 g/mol. The highest BCUT2D eigenvalue weighted by molar-refractivity contribution is 5.75. The van der Waals surface area contributed by atoms with Crippen molar-refractivity contribution in [1.82, 2.24) is 5.43 Å². The molecule has 0 atom stereocenters. The molecule has 0 unspecified atom stereocenters. The van der Waals surface area contributed by atoms with Gasteiger partial charge in [0, 0.05) is 17.5 Å². The van der Waals surface area contributed by atoms with E-state index in [1.807, 2.05) is 0 Å². The number of hydrazine groups is 1. The lowest BCUT2D eigenvalue weighted by atomic mass is 9.67. The first-order valence-electron chi connectivity index (χ1n) is 11.2. The summed E-state index contributed by atoms with van der Waals surface area (Å²) in [4.78, 5) is 11.5. The summed E-state index contributed by atoms with van der Waals surface area (Å²) < 4.78 is 0. The minimum Gasteiger partial charge on any atom is -0.507 e. The van der Waals surface area contributed by atoms with E-state index in [4.69, 9.17) is 5.84 Å². The highest BCUT2D eigenvalue weighted by Crippen LogP contribution is 2.47. The van der Waals surface area contributed by atoms with Crippen LogP contribution in [0.4, 0.5) is 0 Å². The van der Waals surface area contributed by atoms with E-state index in [0.717, 1.165) is 36.8 Å². The van der Waals surface area contributed by atoms with Crippen molar-refractivity contribution < 1.29 is 9.90 Å². The van der Waals surface area contributed by atoms with Gasteiger partial charge in [-0.15, -0.1) is 0 Å². The Hall–Kier alpha value is -1.55. The predicted molar refractivity (Wildman–Crippen MR) is 128 cm³/mol. The van der Waals surface area contributed by atoms with E-state index in [2.05, 4.69) is 86.8 Å². The lowest BCUT2D eigenvalue weighted by Gasteiger charge is -2.37. The van der Waals surface area contributed by atoms with Crippen molar-refractivity contribution in [3.05, 3.63) is 28.8 Å². The maximum Gasteiger partial charge on any atom is 0.233 e. The molecule has 172 valence electrons. The summed E-state index contributed by atoms with van der Waals surface area (Å²) in [5.74, 6) is 5.51. The molecule has 0 radical (unpaired) electrons. The van der Waals surface area contributed by atoms with Gasteiger partial charge in [-0.2, -0.15) is 0 Å². The topological polar surface area (TPSA) is 75.4 Å². The number of benzene rings is 1. The highest BCUT2D eigenvalue weighted by atomic mass is 16.3. The lowest BCUT2D eigenvalue weighted by Crippen LogP contribution is -2.30. The molecule has 0 aliphatic rings. The first-order chi connectivity index (χ1) is 13.4. The van der Waals surface area contributed by atoms with E-state index in [1.165, 1.54) is 5.56 Å². The van der Waals surface area contributed by atoms with E-state index >= 15 is 0 Å². The van der Waals surface area contributed by atoms with Crippen LogP contribution in [0.5, 0.6) is 5.75 Å². The Labute approximate surface area is 185 Å². The fraction of sp³-hybridized carbons (Fsp3) is 0.731. The normalized spacial score (nSPS) is 13.4. The standard InChI is InChI=1S/C26H46N2O2/c1-23(2,3)16-25(7,8)19-14-18(12-11-13-21(29)28-27)15-20(22(19)30)26(9,10)17-24(4,5)6/h14-15,30H,11-13,16-17,27H2,1-10H3,(H,28,29). The molecule has 1 rings (SSSR count). The SMILES string of the molecule is CC(C)(C)CC(C)(C)c1cc(CCCC(=O)NN)cc(C(C)(C)CC(C)(C)C)c1O. The smallest absolute Gasteiger partial charge is 0.233 e. The van der Waals surface area contributed by atoms with Crippen LogP contribution in [0.1, 0.15) is 112 Å². The maximum atomic E-state index is 11.5. The average Bonchev–Trinajstić information content (AvgIpc) is 2.51. The van der Waals surface area contributed by atoms with Crippen LogP contribution in [-0.4, -0.2) is 11.0 Å². The van der Waals surface area contributed by atoms with Gasteiger partial charge in [0.25, 0.3) is 0 Å². The average molecular weight is 419 g/mol. The monoisotopic (exact) mass is 418 g/mol. The van der Waals surface area contributed by atoms with Crippen molar-refractivity contribution in [2.45, 2.75) is 112 Å². The van der Waals surface area contributed by atoms with Crippen molar-refractivity contribution in [2.24, 2.45) is 16.7 Å². The molecule has 0 spiro atoms. The van der Waals surface area contributed by atoms with Crippen LogP contribution in [0.15, 0.2) is 12.1 Å². The molecule has 0 saturated heterocycles. The van der Waals surface area contributed by atoms with Crippen molar-refractivity contribution >= 4 is 5.91 Å². The largest absolute Gasteiger partial charge is 0.507 e. The zero-order valence-electron chi connectivity index (χ0n) is 21.1. The van der Waals surface area contributed by atoms with Crippen molar-refractivity contribution in [1.29, 1.82) is 0 Å². The molecule has 4 heteroatoms. The molecule has 0 aliphatic carbocycles. The zero-order valence-corrected chi connectivity index (χ0v) is 21.1. The van der Waals surface area contributed by atoms with Gasteiger partial charge in [0.05, 0.1) is 0 Å². The number of carbonyl (C=O) groups is 1. The molecular formula is C26H46N2O2. The molecule has 0 heterocycles. The quantitative estimate of drug-likeness (QED) is 0.270. The number of hydrogen-bond donors (Lipinski definition) is 3. The predicted octanol–water partition coefficient (Wildman–Crippen LogP) is 6.13. The van der Waals surface area contributed by atoms with Gasteiger partial charge < -0.3 is 5.11 Å². The number of phenols is 1. The Morgan fingerprint density at radius 3 is 1.60 bits per heavy atom. The van der Waals surface area contributed by atoms with Gasteiger partial charge in [-0.05, 0) is 52.9 Å². The third-order valence-corrected chi connectivity index (χ3v) is 5.60. The molecule has 0 aromatic heterocycles. The second-order valence-corrected chi connectivity index (χ2v) is 12.7. The number of hydrogen-bond acceptors (Lipinski definition) is 3. The number of nitrogens with one attached hydrogen (secondary N) is 1. The molecule has 0 aliphatic heterocycles. The Morgan fingerprint density at radius 2 is 1.27 bits per heavy atom. The van der Waals surface area contributed by atoms with Crippen LogP contribution < -0.4 is 11.3 Å². The van der Waals surface area contributed by atoms with E-state index in [-0.39, 0.29) is 27.6 Å². The Bertz CT molecular complexity index is 685. The van der Waals surface area contributed by atoms with Gasteiger partial charge in [0.2, 0.25) is 5.91 Å². The van der Waals surface area contributed by atoms with Crippen LogP contribution in [0, 0.1) is 10.8 Å². The molecule has 0 bridgehead atoms. The number of nitrogens with two attached hydrogens (primary N) is 1. The van der Waals surface area contributed by atoms with E-state index in [1.54, 1.807) is 0 Å². The molecule has 1 amide bonds. The van der Waals surface area contributed by atoms with Crippen molar-refractivity contribution in [3.8, 4) is 5.75 Å². The number of amides is 1. The zero-order chi connectivity index (χ0) is 23.5. The van der Waals surface area contributed by atoms with Gasteiger partial charge in [-0.25, -0.2) is 5.84 Å². The van der Waals surface area contributed by atoms with Gasteiger partial charge in [0.1, 0.15) is 5.75 Å². The molecule has 0 fully saturated rings. The van der Waals surface area contributed by atoms with E-state index < -0.39 is 0 Å². The second kappa shape index (κ2) is 9.30. The van der Waals surface area contributed by atoms with Crippen LogP contribution >= 0.6 is 0 Å². The minimum atomic E-state index is -0.167. The van der Waals surface area contributed by atoms with Crippen LogP contribution in [-0.2, 0) is 22.0 Å². The van der Waals surface area contributed by atoms with Gasteiger partial charge in [-0.3, -0.25) is 10.2 Å². The van der Waals surface area contributed by atoms with Gasteiger partial charge in [0.15, 0.2) is 0 Å². The number of rotatable bonds is 8. The Balaban J connectivity index is 3.49. The van der Waals surface area contributed by atoms with Crippen LogP contribution in [0.25, 0.3) is 0 Å². The third kappa shape index (κ3) is 7.94. The molecule has 4 N–H and O–H groups in total. The number of carbonyl (C=O) groups excluding carboxylic acids is 1. The summed E-state index contributed by atoms with van der Waals surface area (Å²) in [7, 11) is 0. The number of phenolic OH excluding ortho intramolecular Hbond substituents is 1. The summed E-state index contributed by atoms with van der Waals surface area (Å²) >= 11 is 0. The summed E-state index contributed by atoms with van der Waals surface area (Å²) in [5, 5.41) is 11.4. The summed E-state index contributed by atoms with van der Waals surface area (Å²) in [5.41, 5.74) is 5.35. The maximum absolute atomic E-state index is 11.5. The number of aromatic hydroxyl groups is 1. The van der Waals surface area contributed by atoms with Crippen molar-refractivity contribution in [3.63, 3.8) is 0 Å². The summed E-state index contributed by atoms with van der Waals surface area (Å²) in [6, 6.07) is 4.30. The molecule has 0 saturated carbocycles. The Kier molecular flexibility index (Phi) is 8.21. The highest BCUT2D eigenvalue weighted by Gasteiger charge is 2.35. The summed E-state index contributed by atoms with van der Waals surface area (Å²) in [6.45, 7) is 22.3. The molecule has 1 aromatic carbocycles. The Morgan fingerprint density at radius 1 is 0.867 bits per heavy atom. The second-order valence-electron chi connectivity index (χ2n) is 12.7. The minimum absolute atomic E-state index is 0.143. The first-order valence-corrected chi connectivity index (χ1v) is 11.2. The fourth-order valence-electron chi connectivity index (χ4n) is 5.24. The van der Waals surface area contributed by atoms with E-state index in [0.29, 0.717) is 12.2 Å². The lowest BCUT2D eigenvalue weighted by molar-refractivity contribution is -0.121. The van der Waals surface area contributed by atoms with Crippen LogP contribution in [0.3, 0.4) is 0 Å². The molecule has 1 aromatic rings. The van der Waals surface area contributed by atoms with Gasteiger partial charge in [-0.1, -0.05) is 81.4 Å². The molecule has 30 heavy (non-hydrogen) atoms. The van der Waals surface area contributed by atoms with Crippen LogP contribution in [0.2, 0.25) is 0 Å². The first kappa shape index (κ1) is 26.5. The summed E-state index contributed by atoms with van der Waals surface area (Å²) in [6.07, 6.45) is 3.84. The molecule has 4 nitrogen and oxygen atoms in total. The van der Waals surface area contributed by atoms with Crippen molar-refractivity contribution in [2.75, 3.05) is 0 Å². The number of aryl methyl sites for hydroxylation is 1.